The number of rotatable bonds is 5. The van der Waals surface area contributed by atoms with Gasteiger partial charge in [-0.15, -0.1) is 11.6 Å². The molecule has 5 heteroatoms. The SMILES string of the molecule is CCCn1cncc1C(Cl)C(=O)NCC. The molecule has 1 rings (SSSR count). The fraction of sp³-hybridized carbons (Fsp3) is 0.600. The van der Waals surface area contributed by atoms with Gasteiger partial charge in [-0.05, 0) is 13.3 Å². The van der Waals surface area contributed by atoms with Crippen LogP contribution in [0.1, 0.15) is 31.3 Å². The minimum Gasteiger partial charge on any atom is -0.355 e. The van der Waals surface area contributed by atoms with Crippen molar-refractivity contribution in [2.24, 2.45) is 0 Å². The highest BCUT2D eigenvalue weighted by Crippen LogP contribution is 2.20. The van der Waals surface area contributed by atoms with E-state index < -0.39 is 5.38 Å². The van der Waals surface area contributed by atoms with E-state index in [4.69, 9.17) is 11.6 Å². The summed E-state index contributed by atoms with van der Waals surface area (Å²) in [5, 5.41) is 2.04. The lowest BCUT2D eigenvalue weighted by atomic mass is 10.3. The zero-order valence-corrected chi connectivity index (χ0v) is 9.79. The molecule has 15 heavy (non-hydrogen) atoms. The van der Waals surface area contributed by atoms with E-state index >= 15 is 0 Å². The van der Waals surface area contributed by atoms with E-state index in [1.165, 1.54) is 0 Å². The normalized spacial score (nSPS) is 12.5. The Hall–Kier alpha value is -1.03. The van der Waals surface area contributed by atoms with Crippen LogP contribution in [0.2, 0.25) is 0 Å². The van der Waals surface area contributed by atoms with Gasteiger partial charge in [-0.2, -0.15) is 0 Å². The molecule has 0 saturated heterocycles. The van der Waals surface area contributed by atoms with Crippen LogP contribution in [0.3, 0.4) is 0 Å². The summed E-state index contributed by atoms with van der Waals surface area (Å²) in [5.41, 5.74) is 0.754. The average molecular weight is 230 g/mol. The van der Waals surface area contributed by atoms with Gasteiger partial charge in [0.15, 0.2) is 5.38 Å². The van der Waals surface area contributed by atoms with Gasteiger partial charge in [0.1, 0.15) is 0 Å². The first kappa shape index (κ1) is 12.0. The second-order valence-corrected chi connectivity index (χ2v) is 3.71. The topological polar surface area (TPSA) is 46.9 Å². The van der Waals surface area contributed by atoms with Gasteiger partial charge in [0, 0.05) is 13.1 Å². The van der Waals surface area contributed by atoms with Crippen LogP contribution in [-0.2, 0) is 11.3 Å². The highest BCUT2D eigenvalue weighted by molar-refractivity contribution is 6.30. The maximum atomic E-state index is 11.5. The molecule has 0 saturated carbocycles. The molecule has 1 atom stereocenters. The van der Waals surface area contributed by atoms with E-state index in [9.17, 15) is 4.79 Å². The summed E-state index contributed by atoms with van der Waals surface area (Å²) < 4.78 is 1.91. The third kappa shape index (κ3) is 2.96. The van der Waals surface area contributed by atoms with Crippen molar-refractivity contribution >= 4 is 17.5 Å². The number of nitrogens with one attached hydrogen (secondary N) is 1. The van der Waals surface area contributed by atoms with Crippen molar-refractivity contribution < 1.29 is 4.79 Å². The van der Waals surface area contributed by atoms with E-state index in [1.807, 2.05) is 11.5 Å². The number of aryl methyl sites for hydroxylation is 1. The lowest BCUT2D eigenvalue weighted by Crippen LogP contribution is -2.27. The Balaban J connectivity index is 2.76. The average Bonchev–Trinajstić information content (AvgIpc) is 2.66. The summed E-state index contributed by atoms with van der Waals surface area (Å²) in [5.74, 6) is -0.169. The molecule has 0 aromatic carbocycles. The summed E-state index contributed by atoms with van der Waals surface area (Å²) in [4.78, 5) is 15.5. The first-order valence-electron chi connectivity index (χ1n) is 5.12. The third-order valence-electron chi connectivity index (χ3n) is 2.05. The summed E-state index contributed by atoms with van der Waals surface area (Å²) in [7, 11) is 0. The molecule has 84 valence electrons. The molecular formula is C10H16ClN3O. The predicted molar refractivity (Wildman–Crippen MR) is 59.8 cm³/mol. The van der Waals surface area contributed by atoms with Gasteiger partial charge in [-0.1, -0.05) is 6.92 Å². The lowest BCUT2D eigenvalue weighted by Gasteiger charge is -2.11. The molecule has 4 nitrogen and oxygen atoms in total. The molecule has 1 unspecified atom stereocenters. The molecule has 0 radical (unpaired) electrons. The largest absolute Gasteiger partial charge is 0.355 e. The quantitative estimate of drug-likeness (QED) is 0.782. The smallest absolute Gasteiger partial charge is 0.244 e. The number of imidazole rings is 1. The standard InChI is InChI=1S/C10H16ClN3O/c1-3-5-14-7-12-6-8(14)9(11)10(15)13-4-2/h6-7,9H,3-5H2,1-2H3,(H,13,15). The predicted octanol–water partition coefficient (Wildman–Crippen LogP) is 1.71. The molecular weight excluding hydrogens is 214 g/mol. The van der Waals surface area contributed by atoms with Crippen molar-refractivity contribution in [1.29, 1.82) is 0 Å². The van der Waals surface area contributed by atoms with Crippen molar-refractivity contribution in [1.82, 2.24) is 14.9 Å². The number of halogens is 1. The fourth-order valence-corrected chi connectivity index (χ4v) is 1.63. The molecule has 1 heterocycles. The molecule has 0 spiro atoms. The van der Waals surface area contributed by atoms with Crippen LogP contribution in [0.15, 0.2) is 12.5 Å². The summed E-state index contributed by atoms with van der Waals surface area (Å²) in [6.45, 7) is 5.35. The zero-order chi connectivity index (χ0) is 11.3. The lowest BCUT2D eigenvalue weighted by molar-refractivity contribution is -0.120. The number of carbonyl (C=O) groups excluding carboxylic acids is 1. The number of alkyl halides is 1. The highest BCUT2D eigenvalue weighted by atomic mass is 35.5. The number of aromatic nitrogens is 2. The van der Waals surface area contributed by atoms with E-state index in [0.29, 0.717) is 6.54 Å². The van der Waals surface area contributed by atoms with Gasteiger partial charge < -0.3 is 9.88 Å². The second-order valence-electron chi connectivity index (χ2n) is 3.27. The first-order valence-corrected chi connectivity index (χ1v) is 5.56. The third-order valence-corrected chi connectivity index (χ3v) is 2.47. The van der Waals surface area contributed by atoms with Gasteiger partial charge in [0.05, 0.1) is 18.2 Å². The zero-order valence-electron chi connectivity index (χ0n) is 9.03. The van der Waals surface area contributed by atoms with Crippen LogP contribution >= 0.6 is 11.6 Å². The van der Waals surface area contributed by atoms with E-state index in [0.717, 1.165) is 18.7 Å². The monoisotopic (exact) mass is 229 g/mol. The number of hydrogen-bond acceptors (Lipinski definition) is 2. The van der Waals surface area contributed by atoms with E-state index in [-0.39, 0.29) is 5.91 Å². The summed E-state index contributed by atoms with van der Waals surface area (Å²) >= 11 is 6.04. The Morgan fingerprint density at radius 1 is 1.67 bits per heavy atom. The summed E-state index contributed by atoms with van der Waals surface area (Å²) in [6.07, 6.45) is 4.33. The molecule has 1 amide bonds. The summed E-state index contributed by atoms with van der Waals surface area (Å²) in [6, 6.07) is 0. The van der Waals surface area contributed by atoms with Crippen molar-refractivity contribution in [2.45, 2.75) is 32.2 Å². The number of carbonyl (C=O) groups is 1. The van der Waals surface area contributed by atoms with Gasteiger partial charge in [0.25, 0.3) is 0 Å². The highest BCUT2D eigenvalue weighted by Gasteiger charge is 2.20. The molecule has 0 aliphatic carbocycles. The number of hydrogen-bond donors (Lipinski definition) is 1. The van der Waals surface area contributed by atoms with E-state index in [2.05, 4.69) is 17.2 Å². The number of likely N-dealkylation sites (N-methyl/N-ethyl adjacent to an activating group) is 1. The molecule has 0 fully saturated rings. The Bertz CT molecular complexity index is 324. The molecule has 1 aromatic heterocycles. The van der Waals surface area contributed by atoms with Crippen molar-refractivity contribution in [3.05, 3.63) is 18.2 Å². The minimum atomic E-state index is -0.654. The van der Waals surface area contributed by atoms with Gasteiger partial charge in [0.2, 0.25) is 5.91 Å². The Labute approximate surface area is 94.6 Å². The van der Waals surface area contributed by atoms with Crippen LogP contribution in [0.4, 0.5) is 0 Å². The van der Waals surface area contributed by atoms with Crippen molar-refractivity contribution in [3.63, 3.8) is 0 Å². The van der Waals surface area contributed by atoms with Crippen LogP contribution in [0.25, 0.3) is 0 Å². The van der Waals surface area contributed by atoms with Crippen molar-refractivity contribution in [2.75, 3.05) is 6.54 Å². The van der Waals surface area contributed by atoms with E-state index in [1.54, 1.807) is 12.5 Å². The number of nitrogens with zero attached hydrogens (tertiary/aromatic N) is 2. The van der Waals surface area contributed by atoms with Crippen LogP contribution in [-0.4, -0.2) is 22.0 Å². The molecule has 0 bridgehead atoms. The first-order chi connectivity index (χ1) is 7.20. The van der Waals surface area contributed by atoms with Gasteiger partial charge in [-0.25, -0.2) is 4.98 Å². The van der Waals surface area contributed by atoms with Gasteiger partial charge in [-0.3, -0.25) is 4.79 Å². The molecule has 1 aromatic rings. The fourth-order valence-electron chi connectivity index (χ4n) is 1.37. The maximum absolute atomic E-state index is 11.5. The van der Waals surface area contributed by atoms with Crippen LogP contribution in [0, 0.1) is 0 Å². The van der Waals surface area contributed by atoms with Gasteiger partial charge >= 0.3 is 0 Å². The molecule has 0 aliphatic rings. The second kappa shape index (κ2) is 5.75. The maximum Gasteiger partial charge on any atom is 0.244 e. The van der Waals surface area contributed by atoms with Crippen LogP contribution < -0.4 is 5.32 Å². The van der Waals surface area contributed by atoms with Crippen molar-refractivity contribution in [3.8, 4) is 0 Å². The Kier molecular flexibility index (Phi) is 4.62. The molecule has 0 aliphatic heterocycles. The van der Waals surface area contributed by atoms with Crippen LogP contribution in [0.5, 0.6) is 0 Å². The Morgan fingerprint density at radius 2 is 2.40 bits per heavy atom. The molecule has 1 N–H and O–H groups in total. The Morgan fingerprint density at radius 3 is 3.00 bits per heavy atom. The number of amides is 1. The minimum absolute atomic E-state index is 0.169.